The number of rotatable bonds is 3. The van der Waals surface area contributed by atoms with Crippen molar-refractivity contribution in [2.75, 3.05) is 0 Å². The number of nitrogens with zero attached hydrogens (tertiary/aromatic N) is 2. The van der Waals surface area contributed by atoms with Gasteiger partial charge in [-0.25, -0.2) is 9.40 Å². The number of amides is 1. The van der Waals surface area contributed by atoms with E-state index < -0.39 is 0 Å². The van der Waals surface area contributed by atoms with E-state index in [2.05, 4.69) is 5.10 Å². The standard InChI is InChI=1S/C19H15FN2O2S/c1-12-7-9-25-18(12)16-11-15(13-4-2-5-14(20)10-13)21-22(16)19(23)17-6-3-8-24-17/h2-10,16H,11H2,1H3/t16-/m1/s1. The van der Waals surface area contributed by atoms with Crippen molar-refractivity contribution in [3.63, 3.8) is 0 Å². The zero-order valence-electron chi connectivity index (χ0n) is 13.5. The topological polar surface area (TPSA) is 45.8 Å². The van der Waals surface area contributed by atoms with E-state index >= 15 is 0 Å². The van der Waals surface area contributed by atoms with Gasteiger partial charge in [0.1, 0.15) is 5.82 Å². The molecule has 4 rings (SSSR count). The van der Waals surface area contributed by atoms with Crippen LogP contribution in [0.25, 0.3) is 0 Å². The minimum Gasteiger partial charge on any atom is -0.459 e. The number of hydrogen-bond acceptors (Lipinski definition) is 4. The molecule has 0 aliphatic carbocycles. The third kappa shape index (κ3) is 2.89. The molecule has 3 aromatic rings. The summed E-state index contributed by atoms with van der Waals surface area (Å²) in [6, 6.07) is 11.4. The maximum atomic E-state index is 13.6. The molecule has 1 aliphatic rings. The van der Waals surface area contributed by atoms with Crippen LogP contribution >= 0.6 is 11.3 Å². The fourth-order valence-corrected chi connectivity index (χ4v) is 4.00. The zero-order chi connectivity index (χ0) is 17.4. The van der Waals surface area contributed by atoms with Crippen LogP contribution in [0.1, 0.15) is 39.0 Å². The van der Waals surface area contributed by atoms with E-state index in [-0.39, 0.29) is 23.5 Å². The van der Waals surface area contributed by atoms with Gasteiger partial charge in [0, 0.05) is 16.9 Å². The smallest absolute Gasteiger partial charge is 0.310 e. The Labute approximate surface area is 148 Å². The first-order valence-corrected chi connectivity index (χ1v) is 8.76. The molecule has 1 aliphatic heterocycles. The molecular formula is C19H15FN2O2S. The number of thiophene rings is 1. The lowest BCUT2D eigenvalue weighted by Crippen LogP contribution is -2.26. The Morgan fingerprint density at radius 2 is 2.20 bits per heavy atom. The molecule has 0 fully saturated rings. The molecular weight excluding hydrogens is 339 g/mol. The van der Waals surface area contributed by atoms with Crippen LogP contribution in [0, 0.1) is 12.7 Å². The molecule has 0 bridgehead atoms. The highest BCUT2D eigenvalue weighted by Gasteiger charge is 2.36. The van der Waals surface area contributed by atoms with Crippen molar-refractivity contribution in [3.05, 3.63) is 81.7 Å². The monoisotopic (exact) mass is 354 g/mol. The van der Waals surface area contributed by atoms with Gasteiger partial charge in [0.15, 0.2) is 5.76 Å². The van der Waals surface area contributed by atoms with Crippen molar-refractivity contribution in [3.8, 4) is 0 Å². The summed E-state index contributed by atoms with van der Waals surface area (Å²) >= 11 is 1.59. The molecule has 4 nitrogen and oxygen atoms in total. The van der Waals surface area contributed by atoms with E-state index in [4.69, 9.17) is 4.42 Å². The van der Waals surface area contributed by atoms with Crippen molar-refractivity contribution in [1.82, 2.24) is 5.01 Å². The van der Waals surface area contributed by atoms with Crippen molar-refractivity contribution in [2.24, 2.45) is 5.10 Å². The minimum absolute atomic E-state index is 0.212. The maximum Gasteiger partial charge on any atom is 0.310 e. The van der Waals surface area contributed by atoms with Crippen molar-refractivity contribution < 1.29 is 13.6 Å². The van der Waals surface area contributed by atoms with Crippen LogP contribution < -0.4 is 0 Å². The molecule has 25 heavy (non-hydrogen) atoms. The molecule has 1 amide bonds. The molecule has 0 spiro atoms. The molecule has 1 aromatic carbocycles. The van der Waals surface area contributed by atoms with Crippen LogP contribution in [0.5, 0.6) is 0 Å². The Hall–Kier alpha value is -2.73. The summed E-state index contributed by atoms with van der Waals surface area (Å²) in [4.78, 5) is 13.9. The van der Waals surface area contributed by atoms with Gasteiger partial charge in [-0.2, -0.15) is 5.10 Å². The molecule has 3 heterocycles. The van der Waals surface area contributed by atoms with E-state index in [9.17, 15) is 9.18 Å². The van der Waals surface area contributed by atoms with Gasteiger partial charge in [0.25, 0.3) is 0 Å². The third-order valence-electron chi connectivity index (χ3n) is 4.21. The predicted molar refractivity (Wildman–Crippen MR) is 94.2 cm³/mol. The second-order valence-electron chi connectivity index (χ2n) is 5.87. The van der Waals surface area contributed by atoms with Crippen molar-refractivity contribution >= 4 is 23.0 Å². The zero-order valence-corrected chi connectivity index (χ0v) is 14.3. The van der Waals surface area contributed by atoms with E-state index in [0.29, 0.717) is 17.7 Å². The highest BCUT2D eigenvalue weighted by molar-refractivity contribution is 7.10. The van der Waals surface area contributed by atoms with Crippen LogP contribution in [0.2, 0.25) is 0 Å². The van der Waals surface area contributed by atoms with Crippen LogP contribution in [0.3, 0.4) is 0 Å². The van der Waals surface area contributed by atoms with Gasteiger partial charge < -0.3 is 4.42 Å². The lowest BCUT2D eigenvalue weighted by atomic mass is 10.0. The number of aryl methyl sites for hydroxylation is 1. The van der Waals surface area contributed by atoms with Crippen molar-refractivity contribution in [1.29, 1.82) is 0 Å². The molecule has 2 aromatic heterocycles. The fourth-order valence-electron chi connectivity index (χ4n) is 2.98. The van der Waals surface area contributed by atoms with E-state index in [1.807, 2.05) is 18.4 Å². The Balaban J connectivity index is 1.75. The van der Waals surface area contributed by atoms with Gasteiger partial charge in [-0.05, 0) is 48.2 Å². The predicted octanol–water partition coefficient (Wildman–Crippen LogP) is 4.78. The van der Waals surface area contributed by atoms with E-state index in [1.165, 1.54) is 23.4 Å². The summed E-state index contributed by atoms with van der Waals surface area (Å²) in [6.45, 7) is 2.02. The summed E-state index contributed by atoms with van der Waals surface area (Å²) in [5.74, 6) is -0.377. The van der Waals surface area contributed by atoms with Crippen LogP contribution in [-0.2, 0) is 0 Å². The number of halogens is 1. The molecule has 0 saturated carbocycles. The Bertz CT molecular complexity index is 946. The SMILES string of the molecule is Cc1ccsc1[C@H]1CC(c2cccc(F)c2)=NN1C(=O)c1ccco1. The van der Waals surface area contributed by atoms with Crippen LogP contribution in [0.4, 0.5) is 4.39 Å². The molecule has 1 atom stereocenters. The maximum absolute atomic E-state index is 13.6. The number of furan rings is 1. The van der Waals surface area contributed by atoms with Gasteiger partial charge in [0.2, 0.25) is 0 Å². The van der Waals surface area contributed by atoms with Gasteiger partial charge in [0.05, 0.1) is 18.0 Å². The van der Waals surface area contributed by atoms with Gasteiger partial charge in [-0.3, -0.25) is 4.79 Å². The molecule has 0 unspecified atom stereocenters. The lowest BCUT2D eigenvalue weighted by molar-refractivity contribution is 0.0681. The summed E-state index contributed by atoms with van der Waals surface area (Å²) < 4.78 is 18.8. The summed E-state index contributed by atoms with van der Waals surface area (Å²) in [6.07, 6.45) is 2.00. The van der Waals surface area contributed by atoms with Crippen molar-refractivity contribution in [2.45, 2.75) is 19.4 Å². The fraction of sp³-hybridized carbons (Fsp3) is 0.158. The third-order valence-corrected chi connectivity index (χ3v) is 5.33. The van der Waals surface area contributed by atoms with Gasteiger partial charge in [-0.1, -0.05) is 12.1 Å². The first-order chi connectivity index (χ1) is 12.1. The highest BCUT2D eigenvalue weighted by atomic mass is 32.1. The molecule has 0 radical (unpaired) electrons. The number of hydrazone groups is 1. The van der Waals surface area contributed by atoms with Gasteiger partial charge in [-0.15, -0.1) is 11.3 Å². The van der Waals surface area contributed by atoms with Gasteiger partial charge >= 0.3 is 5.91 Å². The second kappa shape index (κ2) is 6.29. The normalized spacial score (nSPS) is 17.0. The summed E-state index contributed by atoms with van der Waals surface area (Å²) in [5, 5.41) is 7.97. The number of carbonyl (C=O) groups excluding carboxylic acids is 1. The average molecular weight is 354 g/mol. The Morgan fingerprint density at radius 3 is 2.88 bits per heavy atom. The Morgan fingerprint density at radius 1 is 1.32 bits per heavy atom. The number of hydrogen-bond donors (Lipinski definition) is 0. The molecule has 6 heteroatoms. The quantitative estimate of drug-likeness (QED) is 0.679. The summed E-state index contributed by atoms with van der Waals surface area (Å²) in [5.41, 5.74) is 2.49. The number of benzene rings is 1. The largest absolute Gasteiger partial charge is 0.459 e. The van der Waals surface area contributed by atoms with E-state index in [1.54, 1.807) is 35.6 Å². The lowest BCUT2D eigenvalue weighted by Gasteiger charge is -2.20. The second-order valence-corrected chi connectivity index (χ2v) is 6.82. The first-order valence-electron chi connectivity index (χ1n) is 7.88. The molecule has 126 valence electrons. The Kier molecular flexibility index (Phi) is 3.97. The van der Waals surface area contributed by atoms with Crippen LogP contribution in [0.15, 0.2) is 63.6 Å². The number of carbonyl (C=O) groups is 1. The van der Waals surface area contributed by atoms with E-state index in [0.717, 1.165) is 10.4 Å². The van der Waals surface area contributed by atoms with Crippen LogP contribution in [-0.4, -0.2) is 16.6 Å². The highest BCUT2D eigenvalue weighted by Crippen LogP contribution is 2.38. The average Bonchev–Trinajstić information content (AvgIpc) is 3.34. The molecule has 0 N–H and O–H groups in total. The minimum atomic E-state index is -0.320. The summed E-state index contributed by atoms with van der Waals surface area (Å²) in [7, 11) is 0. The molecule has 0 saturated heterocycles. The first kappa shape index (κ1) is 15.8.